The van der Waals surface area contributed by atoms with Crippen LogP contribution in [0.15, 0.2) is 0 Å². The van der Waals surface area contributed by atoms with Crippen LogP contribution in [0.5, 0.6) is 0 Å². The predicted octanol–water partition coefficient (Wildman–Crippen LogP) is 0.0380. The number of aromatic nitrogens is 4. The zero-order chi connectivity index (χ0) is 7.11. The van der Waals surface area contributed by atoms with Gasteiger partial charge in [0, 0.05) is 6.92 Å². The summed E-state index contributed by atoms with van der Waals surface area (Å²) in [5.74, 6) is 0.676. The number of tetrazole rings is 1. The number of rotatable bonds is 0. The molecule has 0 aromatic carbocycles. The van der Waals surface area contributed by atoms with Crippen molar-refractivity contribution in [2.45, 2.75) is 13.8 Å². The van der Waals surface area contributed by atoms with Crippen LogP contribution < -0.4 is 0 Å². The predicted molar refractivity (Wildman–Crippen MR) is 30.2 cm³/mol. The molecule has 0 aliphatic rings. The number of nitrogens with zero attached hydrogens (tertiary/aromatic N) is 4. The average Bonchev–Trinajstić information content (AvgIpc) is 2.20. The zero-order valence-electron chi connectivity index (χ0n) is 5.29. The lowest BCUT2D eigenvalue weighted by molar-refractivity contribution is 0.881. The summed E-state index contributed by atoms with van der Waals surface area (Å²) in [6.07, 6.45) is 0. The zero-order valence-corrected chi connectivity index (χ0v) is 5.29. The Morgan fingerprint density at radius 2 is 2.22 bits per heavy atom. The van der Waals surface area contributed by atoms with E-state index < -0.39 is 0 Å². The Balaban J connectivity index is 0.000000187. The fraction of sp³-hybridized carbons (Fsp3) is 0.500. The molecule has 9 heavy (non-hydrogen) atoms. The third kappa shape index (κ3) is 4.41. The van der Waals surface area contributed by atoms with Crippen molar-refractivity contribution in [1.82, 2.24) is 20.6 Å². The third-order valence-corrected chi connectivity index (χ3v) is 0.451. The molecule has 0 aliphatic carbocycles. The van der Waals surface area contributed by atoms with Crippen LogP contribution in [-0.2, 0) is 0 Å². The van der Waals surface area contributed by atoms with E-state index in [2.05, 4.69) is 20.6 Å². The number of H-pyrrole nitrogens is 1. The first kappa shape index (κ1) is 7.56. The minimum Gasteiger partial charge on any atom is -0.199 e. The van der Waals surface area contributed by atoms with Crippen LogP contribution in [0.4, 0.5) is 0 Å². The van der Waals surface area contributed by atoms with Crippen LogP contribution in [0.3, 0.4) is 0 Å². The van der Waals surface area contributed by atoms with Gasteiger partial charge in [-0.1, -0.05) is 5.21 Å². The van der Waals surface area contributed by atoms with Crippen LogP contribution in [0.25, 0.3) is 0 Å². The minimum atomic E-state index is 0.676. The van der Waals surface area contributed by atoms with Crippen LogP contribution in [-0.4, -0.2) is 20.6 Å². The highest BCUT2D eigenvalue weighted by Gasteiger charge is 1.78. The van der Waals surface area contributed by atoms with E-state index in [9.17, 15) is 0 Å². The van der Waals surface area contributed by atoms with Crippen LogP contribution in [0.1, 0.15) is 12.7 Å². The van der Waals surface area contributed by atoms with Crippen molar-refractivity contribution in [3.63, 3.8) is 0 Å². The number of aryl methyl sites for hydroxylation is 1. The lowest BCUT2D eigenvalue weighted by atomic mass is 10.8. The minimum absolute atomic E-state index is 0.676. The van der Waals surface area contributed by atoms with E-state index in [4.69, 9.17) is 5.26 Å². The second-order valence-corrected chi connectivity index (χ2v) is 1.18. The van der Waals surface area contributed by atoms with E-state index in [1.807, 2.05) is 0 Å². The van der Waals surface area contributed by atoms with E-state index >= 15 is 0 Å². The summed E-state index contributed by atoms with van der Waals surface area (Å²) in [4.78, 5) is 0. The second-order valence-electron chi connectivity index (χ2n) is 1.18. The highest BCUT2D eigenvalue weighted by molar-refractivity contribution is 4.63. The smallest absolute Gasteiger partial charge is 0.171 e. The summed E-state index contributed by atoms with van der Waals surface area (Å²) in [5, 5.41) is 20.0. The van der Waals surface area contributed by atoms with Crippen molar-refractivity contribution in [3.05, 3.63) is 5.82 Å². The molecule has 1 heterocycles. The molecule has 48 valence electrons. The maximum atomic E-state index is 7.32. The molecule has 1 aromatic heterocycles. The van der Waals surface area contributed by atoms with Crippen LogP contribution in [0.2, 0.25) is 0 Å². The molecule has 0 unspecified atom stereocenters. The molecular weight excluding hydrogens is 118 g/mol. The summed E-state index contributed by atoms with van der Waals surface area (Å²) in [5.41, 5.74) is 0. The van der Waals surface area contributed by atoms with Crippen molar-refractivity contribution in [2.24, 2.45) is 0 Å². The topological polar surface area (TPSA) is 78.2 Å². The third-order valence-electron chi connectivity index (χ3n) is 0.451. The fourth-order valence-corrected chi connectivity index (χ4v) is 0.212. The first-order valence-corrected chi connectivity index (χ1v) is 2.32. The van der Waals surface area contributed by atoms with E-state index in [1.165, 1.54) is 6.92 Å². The van der Waals surface area contributed by atoms with Crippen LogP contribution >= 0.6 is 0 Å². The number of nitrogens with one attached hydrogen (secondary N) is 1. The van der Waals surface area contributed by atoms with Gasteiger partial charge < -0.3 is 0 Å². The number of hydrogen-bond acceptors (Lipinski definition) is 4. The normalized spacial score (nSPS) is 6.78. The highest BCUT2D eigenvalue weighted by Crippen LogP contribution is 1.69. The lowest BCUT2D eigenvalue weighted by Gasteiger charge is -1.59. The van der Waals surface area contributed by atoms with Crippen molar-refractivity contribution in [3.8, 4) is 6.07 Å². The van der Waals surface area contributed by atoms with Gasteiger partial charge in [-0.05, 0) is 6.92 Å². The number of hydrogen-bond donors (Lipinski definition) is 1. The van der Waals surface area contributed by atoms with Gasteiger partial charge in [0.05, 0.1) is 6.07 Å². The molecule has 0 atom stereocenters. The van der Waals surface area contributed by atoms with Crippen molar-refractivity contribution in [1.29, 1.82) is 5.26 Å². The summed E-state index contributed by atoms with van der Waals surface area (Å²) in [7, 11) is 0. The molecule has 0 fully saturated rings. The molecule has 5 nitrogen and oxygen atoms in total. The van der Waals surface area contributed by atoms with Crippen molar-refractivity contribution < 1.29 is 0 Å². The molecule has 0 amide bonds. The molecule has 1 N–H and O–H groups in total. The van der Waals surface area contributed by atoms with Gasteiger partial charge in [0.15, 0.2) is 5.82 Å². The molecule has 0 spiro atoms. The molecule has 5 heteroatoms. The van der Waals surface area contributed by atoms with E-state index in [0.717, 1.165) is 0 Å². The Hall–Kier alpha value is -1.44. The summed E-state index contributed by atoms with van der Waals surface area (Å²) >= 11 is 0. The van der Waals surface area contributed by atoms with Gasteiger partial charge in [0.1, 0.15) is 0 Å². The van der Waals surface area contributed by atoms with E-state index in [0.29, 0.717) is 5.82 Å². The molecule has 1 aromatic rings. The molecule has 1 rings (SSSR count). The Morgan fingerprint density at radius 3 is 2.33 bits per heavy atom. The van der Waals surface area contributed by atoms with Crippen molar-refractivity contribution >= 4 is 0 Å². The highest BCUT2D eigenvalue weighted by atomic mass is 15.5. The Kier molecular flexibility index (Phi) is 3.96. The summed E-state index contributed by atoms with van der Waals surface area (Å²) in [6.45, 7) is 3.20. The molecule has 0 radical (unpaired) electrons. The summed E-state index contributed by atoms with van der Waals surface area (Å²) < 4.78 is 0. The maximum Gasteiger partial charge on any atom is 0.171 e. The Morgan fingerprint density at radius 1 is 1.67 bits per heavy atom. The summed E-state index contributed by atoms with van der Waals surface area (Å²) in [6, 6.07) is 1.75. The van der Waals surface area contributed by atoms with Crippen LogP contribution in [0, 0.1) is 18.3 Å². The largest absolute Gasteiger partial charge is 0.199 e. The molecule has 0 saturated carbocycles. The van der Waals surface area contributed by atoms with Crippen molar-refractivity contribution in [2.75, 3.05) is 0 Å². The first-order chi connectivity index (χ1) is 4.31. The Bertz CT molecular complexity index is 171. The van der Waals surface area contributed by atoms with Gasteiger partial charge in [-0.15, -0.1) is 10.2 Å². The Labute approximate surface area is 52.7 Å². The SMILES string of the molecule is CC#N.Cc1nn[nH]n1. The number of aromatic amines is 1. The quantitative estimate of drug-likeness (QED) is 0.530. The lowest BCUT2D eigenvalue weighted by Crippen LogP contribution is -1.69. The molecule has 0 bridgehead atoms. The molecule has 0 saturated heterocycles. The maximum absolute atomic E-state index is 7.32. The molecule has 0 aliphatic heterocycles. The van der Waals surface area contributed by atoms with Gasteiger partial charge >= 0.3 is 0 Å². The number of nitriles is 1. The van der Waals surface area contributed by atoms with E-state index in [1.54, 1.807) is 13.0 Å². The van der Waals surface area contributed by atoms with Gasteiger partial charge in [0.25, 0.3) is 0 Å². The standard InChI is InChI=1S/C2H4N4.C2H3N/c1-2-3-5-6-4-2;1-2-3/h1H3,(H,3,4,5,6);1H3. The fourth-order valence-electron chi connectivity index (χ4n) is 0.212. The van der Waals surface area contributed by atoms with Gasteiger partial charge in [-0.2, -0.15) is 10.5 Å². The average molecular weight is 125 g/mol. The van der Waals surface area contributed by atoms with E-state index in [-0.39, 0.29) is 0 Å². The van der Waals surface area contributed by atoms with Gasteiger partial charge in [0.2, 0.25) is 0 Å². The van der Waals surface area contributed by atoms with Gasteiger partial charge in [-0.3, -0.25) is 0 Å². The molecular formula is C4H7N5. The monoisotopic (exact) mass is 125 g/mol. The first-order valence-electron chi connectivity index (χ1n) is 2.32. The second kappa shape index (κ2) is 4.71. The van der Waals surface area contributed by atoms with Gasteiger partial charge in [-0.25, -0.2) is 0 Å².